The fourth-order valence-corrected chi connectivity index (χ4v) is 3.49. The van der Waals surface area contributed by atoms with Crippen molar-refractivity contribution in [3.05, 3.63) is 95.9 Å². The number of aromatic nitrogens is 4. The third-order valence-electron chi connectivity index (χ3n) is 5.02. The predicted octanol–water partition coefficient (Wildman–Crippen LogP) is 5.64. The van der Waals surface area contributed by atoms with Crippen LogP contribution in [0.1, 0.15) is 17.0 Å². The standard InChI is InChI=1S/C24H20N4O/c1-16-20-12-13-25-21(20)10-11-22(16)29-19-9-5-8-18(15-19)24-26-23(27-28-24)14-17-6-3-2-4-7-17/h2-13,15,25H,14H2,1H3,(H,26,27,28). The molecule has 2 N–H and O–H groups in total. The van der Waals surface area contributed by atoms with Gasteiger partial charge in [-0.1, -0.05) is 42.5 Å². The average molecular weight is 380 g/mol. The SMILES string of the molecule is Cc1c(Oc2cccc(-c3n[nH]c(Cc4ccccc4)n3)c2)ccc2[nH]ccc12. The number of aromatic amines is 2. The molecule has 0 spiro atoms. The number of H-pyrrole nitrogens is 2. The van der Waals surface area contributed by atoms with E-state index in [4.69, 9.17) is 4.74 Å². The number of fused-ring (bicyclic) bond motifs is 1. The van der Waals surface area contributed by atoms with Gasteiger partial charge in [0.1, 0.15) is 17.3 Å². The van der Waals surface area contributed by atoms with Crippen molar-refractivity contribution in [1.29, 1.82) is 0 Å². The molecule has 0 unspecified atom stereocenters. The molecule has 5 aromatic rings. The Bertz CT molecular complexity index is 1270. The Hall–Kier alpha value is -3.86. The van der Waals surface area contributed by atoms with Gasteiger partial charge in [-0.25, -0.2) is 4.98 Å². The van der Waals surface area contributed by atoms with Crippen molar-refractivity contribution in [3.63, 3.8) is 0 Å². The predicted molar refractivity (Wildman–Crippen MR) is 114 cm³/mol. The van der Waals surface area contributed by atoms with E-state index in [1.807, 2.05) is 60.8 Å². The molecule has 2 heterocycles. The number of rotatable bonds is 5. The molecular weight excluding hydrogens is 360 g/mol. The molecular formula is C24H20N4O. The quantitative estimate of drug-likeness (QED) is 0.414. The Kier molecular flexibility index (Phi) is 4.33. The van der Waals surface area contributed by atoms with Crippen LogP contribution in [0, 0.1) is 6.92 Å². The zero-order chi connectivity index (χ0) is 19.6. The summed E-state index contributed by atoms with van der Waals surface area (Å²) in [6, 6.07) is 24.2. The Labute approximate surface area is 168 Å². The Morgan fingerprint density at radius 2 is 1.83 bits per heavy atom. The van der Waals surface area contributed by atoms with Gasteiger partial charge in [0.05, 0.1) is 0 Å². The molecule has 5 rings (SSSR count). The number of nitrogens with one attached hydrogen (secondary N) is 2. The largest absolute Gasteiger partial charge is 0.457 e. The maximum atomic E-state index is 6.17. The van der Waals surface area contributed by atoms with E-state index >= 15 is 0 Å². The summed E-state index contributed by atoms with van der Waals surface area (Å²) in [5.41, 5.74) is 4.33. The summed E-state index contributed by atoms with van der Waals surface area (Å²) in [6.45, 7) is 2.07. The second kappa shape index (κ2) is 7.28. The van der Waals surface area contributed by atoms with Crippen molar-refractivity contribution in [1.82, 2.24) is 20.2 Å². The number of aryl methyl sites for hydroxylation is 1. The molecule has 142 valence electrons. The van der Waals surface area contributed by atoms with Gasteiger partial charge in [-0.15, -0.1) is 0 Å². The average Bonchev–Trinajstić information content (AvgIpc) is 3.41. The molecule has 0 atom stereocenters. The fraction of sp³-hybridized carbons (Fsp3) is 0.0833. The second-order valence-corrected chi connectivity index (χ2v) is 7.03. The summed E-state index contributed by atoms with van der Waals surface area (Å²) in [6.07, 6.45) is 2.66. The summed E-state index contributed by atoms with van der Waals surface area (Å²) in [5.74, 6) is 3.11. The monoisotopic (exact) mass is 380 g/mol. The number of hydrogen-bond donors (Lipinski definition) is 2. The topological polar surface area (TPSA) is 66.6 Å². The lowest BCUT2D eigenvalue weighted by molar-refractivity contribution is 0.480. The number of nitrogens with zero attached hydrogens (tertiary/aromatic N) is 2. The maximum absolute atomic E-state index is 6.17. The lowest BCUT2D eigenvalue weighted by atomic mass is 10.1. The van der Waals surface area contributed by atoms with Crippen LogP contribution < -0.4 is 4.74 Å². The molecule has 0 saturated carbocycles. The van der Waals surface area contributed by atoms with Crippen LogP contribution in [0.5, 0.6) is 11.5 Å². The summed E-state index contributed by atoms with van der Waals surface area (Å²) >= 11 is 0. The minimum Gasteiger partial charge on any atom is -0.457 e. The van der Waals surface area contributed by atoms with Gasteiger partial charge in [0.2, 0.25) is 0 Å². The van der Waals surface area contributed by atoms with Crippen molar-refractivity contribution in [2.45, 2.75) is 13.3 Å². The van der Waals surface area contributed by atoms with Gasteiger partial charge in [-0.05, 0) is 42.8 Å². The highest BCUT2D eigenvalue weighted by Crippen LogP contribution is 2.31. The lowest BCUT2D eigenvalue weighted by Crippen LogP contribution is -1.90. The molecule has 0 aliphatic carbocycles. The first-order valence-electron chi connectivity index (χ1n) is 9.56. The van der Waals surface area contributed by atoms with Crippen LogP contribution in [-0.4, -0.2) is 20.2 Å². The Morgan fingerprint density at radius 1 is 0.931 bits per heavy atom. The molecule has 0 radical (unpaired) electrons. The summed E-state index contributed by atoms with van der Waals surface area (Å²) < 4.78 is 6.17. The molecule has 0 amide bonds. The number of benzene rings is 3. The van der Waals surface area contributed by atoms with Crippen molar-refractivity contribution in [2.24, 2.45) is 0 Å². The van der Waals surface area contributed by atoms with E-state index in [0.717, 1.165) is 45.8 Å². The normalized spacial score (nSPS) is 11.1. The lowest BCUT2D eigenvalue weighted by Gasteiger charge is -2.10. The zero-order valence-electron chi connectivity index (χ0n) is 16.0. The summed E-state index contributed by atoms with van der Waals surface area (Å²) in [7, 11) is 0. The van der Waals surface area contributed by atoms with E-state index in [2.05, 4.69) is 45.3 Å². The van der Waals surface area contributed by atoms with Gasteiger partial charge in [0, 0.05) is 34.6 Å². The van der Waals surface area contributed by atoms with Gasteiger partial charge >= 0.3 is 0 Å². The van der Waals surface area contributed by atoms with Crippen molar-refractivity contribution in [3.8, 4) is 22.9 Å². The molecule has 0 saturated heterocycles. The molecule has 0 bridgehead atoms. The highest BCUT2D eigenvalue weighted by Gasteiger charge is 2.10. The van der Waals surface area contributed by atoms with Crippen LogP contribution >= 0.6 is 0 Å². The zero-order valence-corrected chi connectivity index (χ0v) is 16.0. The van der Waals surface area contributed by atoms with E-state index in [9.17, 15) is 0 Å². The van der Waals surface area contributed by atoms with E-state index in [1.54, 1.807) is 0 Å². The maximum Gasteiger partial charge on any atom is 0.181 e. The van der Waals surface area contributed by atoms with E-state index in [0.29, 0.717) is 5.82 Å². The van der Waals surface area contributed by atoms with Crippen LogP contribution in [0.3, 0.4) is 0 Å². The molecule has 2 aromatic heterocycles. The molecule has 0 aliphatic heterocycles. The van der Waals surface area contributed by atoms with Crippen LogP contribution in [0.2, 0.25) is 0 Å². The second-order valence-electron chi connectivity index (χ2n) is 7.03. The highest BCUT2D eigenvalue weighted by molar-refractivity contribution is 5.85. The van der Waals surface area contributed by atoms with Crippen LogP contribution in [0.25, 0.3) is 22.3 Å². The van der Waals surface area contributed by atoms with Crippen molar-refractivity contribution < 1.29 is 4.74 Å². The van der Waals surface area contributed by atoms with E-state index in [1.165, 1.54) is 5.56 Å². The fourth-order valence-electron chi connectivity index (χ4n) is 3.49. The number of ether oxygens (including phenoxy) is 1. The van der Waals surface area contributed by atoms with Crippen LogP contribution in [-0.2, 0) is 6.42 Å². The van der Waals surface area contributed by atoms with Gasteiger partial charge < -0.3 is 9.72 Å². The Balaban J connectivity index is 1.39. The number of hydrogen-bond acceptors (Lipinski definition) is 3. The minimum absolute atomic E-state index is 0.666. The van der Waals surface area contributed by atoms with Gasteiger partial charge in [0.15, 0.2) is 5.82 Å². The summed E-state index contributed by atoms with van der Waals surface area (Å²) in [5, 5.41) is 8.59. The van der Waals surface area contributed by atoms with Gasteiger partial charge in [0.25, 0.3) is 0 Å². The first kappa shape index (κ1) is 17.3. The summed E-state index contributed by atoms with van der Waals surface area (Å²) in [4.78, 5) is 7.88. The molecule has 5 nitrogen and oxygen atoms in total. The van der Waals surface area contributed by atoms with Crippen LogP contribution in [0.4, 0.5) is 0 Å². The van der Waals surface area contributed by atoms with Gasteiger partial charge in [-0.2, -0.15) is 5.10 Å². The van der Waals surface area contributed by atoms with Crippen LogP contribution in [0.15, 0.2) is 79.0 Å². The molecule has 29 heavy (non-hydrogen) atoms. The van der Waals surface area contributed by atoms with E-state index in [-0.39, 0.29) is 0 Å². The first-order valence-corrected chi connectivity index (χ1v) is 9.56. The highest BCUT2D eigenvalue weighted by atomic mass is 16.5. The molecule has 0 fully saturated rings. The van der Waals surface area contributed by atoms with Crippen molar-refractivity contribution >= 4 is 10.9 Å². The molecule has 0 aliphatic rings. The molecule has 5 heteroatoms. The van der Waals surface area contributed by atoms with Crippen molar-refractivity contribution in [2.75, 3.05) is 0 Å². The third-order valence-corrected chi connectivity index (χ3v) is 5.02. The first-order chi connectivity index (χ1) is 14.3. The third kappa shape index (κ3) is 3.50. The minimum atomic E-state index is 0.666. The Morgan fingerprint density at radius 3 is 2.72 bits per heavy atom. The van der Waals surface area contributed by atoms with Gasteiger partial charge in [-0.3, -0.25) is 5.10 Å². The van der Waals surface area contributed by atoms with E-state index < -0.39 is 0 Å². The smallest absolute Gasteiger partial charge is 0.181 e. The molecule has 3 aromatic carbocycles.